The number of sulfonamides is 2. The van der Waals surface area contributed by atoms with E-state index >= 15 is 0 Å². The lowest BCUT2D eigenvalue weighted by molar-refractivity contribution is 0.0686. The second-order valence-corrected chi connectivity index (χ2v) is 11.6. The fourth-order valence-electron chi connectivity index (χ4n) is 3.57. The quantitative estimate of drug-likeness (QED) is 0.680. The standard InChI is InChI=1S/C21H26FN3O5S2/c1-15-14-19(8-9-20(15)22)32(29,30)23-17-6-4-16(5-7-17)21(26)25-12-10-18(11-13-25)24(2)31(3,27)28/h4-9,14,18,23H,10-13H2,1-3H3. The molecule has 0 saturated carbocycles. The molecule has 1 heterocycles. The van der Waals surface area contributed by atoms with Crippen LogP contribution in [0.1, 0.15) is 28.8 Å². The van der Waals surface area contributed by atoms with Crippen LogP contribution >= 0.6 is 0 Å². The number of hydrogen-bond acceptors (Lipinski definition) is 5. The number of carbonyl (C=O) groups is 1. The number of hydrogen-bond donors (Lipinski definition) is 1. The zero-order chi connectivity index (χ0) is 23.7. The number of piperidine rings is 1. The Morgan fingerprint density at radius 2 is 1.66 bits per heavy atom. The van der Waals surface area contributed by atoms with Gasteiger partial charge in [-0.15, -0.1) is 0 Å². The number of nitrogens with zero attached hydrogens (tertiary/aromatic N) is 2. The van der Waals surface area contributed by atoms with Crippen LogP contribution < -0.4 is 4.72 Å². The third-order valence-electron chi connectivity index (χ3n) is 5.61. The Balaban J connectivity index is 1.64. The number of halogens is 1. The lowest BCUT2D eigenvalue weighted by Gasteiger charge is -2.35. The molecule has 174 valence electrons. The highest BCUT2D eigenvalue weighted by Gasteiger charge is 2.29. The van der Waals surface area contributed by atoms with Crippen LogP contribution in [0.3, 0.4) is 0 Å². The van der Waals surface area contributed by atoms with Crippen molar-refractivity contribution in [1.29, 1.82) is 0 Å². The van der Waals surface area contributed by atoms with Gasteiger partial charge in [0, 0.05) is 37.4 Å². The largest absolute Gasteiger partial charge is 0.339 e. The van der Waals surface area contributed by atoms with E-state index in [4.69, 9.17) is 0 Å². The molecule has 8 nitrogen and oxygen atoms in total. The summed E-state index contributed by atoms with van der Waals surface area (Å²) in [6.45, 7) is 2.35. The minimum atomic E-state index is -3.90. The van der Waals surface area contributed by atoms with Crippen LogP contribution in [0, 0.1) is 12.7 Å². The minimum Gasteiger partial charge on any atom is -0.339 e. The molecule has 3 rings (SSSR count). The highest BCUT2D eigenvalue weighted by Crippen LogP contribution is 2.22. The molecule has 32 heavy (non-hydrogen) atoms. The van der Waals surface area contributed by atoms with Gasteiger partial charge in [-0.05, 0) is 67.8 Å². The number of amides is 1. The van der Waals surface area contributed by atoms with E-state index in [0.717, 1.165) is 12.3 Å². The molecule has 11 heteroatoms. The van der Waals surface area contributed by atoms with E-state index in [9.17, 15) is 26.0 Å². The van der Waals surface area contributed by atoms with Crippen molar-refractivity contribution in [2.45, 2.75) is 30.7 Å². The SMILES string of the molecule is Cc1cc(S(=O)(=O)Nc2ccc(C(=O)N3CCC(N(C)S(C)(=O)=O)CC3)cc2)ccc1F. The van der Waals surface area contributed by atoms with E-state index in [1.54, 1.807) is 11.9 Å². The first-order valence-electron chi connectivity index (χ1n) is 10.00. The molecule has 1 aliphatic rings. The van der Waals surface area contributed by atoms with Crippen molar-refractivity contribution in [2.75, 3.05) is 31.1 Å². The molecule has 0 aromatic heterocycles. The minimum absolute atomic E-state index is 0.0570. The normalized spacial score (nSPS) is 15.7. The Bertz CT molecular complexity index is 1210. The zero-order valence-corrected chi connectivity index (χ0v) is 19.7. The lowest BCUT2D eigenvalue weighted by Crippen LogP contribution is -2.47. The predicted octanol–water partition coefficient (Wildman–Crippen LogP) is 2.43. The van der Waals surface area contributed by atoms with Crippen LogP contribution in [0.4, 0.5) is 10.1 Å². The maximum Gasteiger partial charge on any atom is 0.261 e. The summed E-state index contributed by atoms with van der Waals surface area (Å²) in [5, 5.41) is 0. The van der Waals surface area contributed by atoms with Gasteiger partial charge in [-0.2, -0.15) is 0 Å². The summed E-state index contributed by atoms with van der Waals surface area (Å²) in [4.78, 5) is 14.4. The summed E-state index contributed by atoms with van der Waals surface area (Å²) in [5.41, 5.74) is 0.901. The van der Waals surface area contributed by atoms with Crippen LogP contribution in [0.2, 0.25) is 0 Å². The number of nitrogens with one attached hydrogen (secondary N) is 1. The second kappa shape index (κ2) is 9.16. The second-order valence-electron chi connectivity index (χ2n) is 7.90. The fourth-order valence-corrected chi connectivity index (χ4v) is 5.46. The molecule has 0 aliphatic carbocycles. The van der Waals surface area contributed by atoms with Crippen LogP contribution in [0.25, 0.3) is 0 Å². The molecule has 1 N–H and O–H groups in total. The van der Waals surface area contributed by atoms with Gasteiger partial charge < -0.3 is 4.90 Å². The summed E-state index contributed by atoms with van der Waals surface area (Å²) in [7, 11) is -5.63. The number of rotatable bonds is 6. The monoisotopic (exact) mass is 483 g/mol. The molecular formula is C21H26FN3O5S2. The van der Waals surface area contributed by atoms with Crippen LogP contribution in [0.15, 0.2) is 47.4 Å². The van der Waals surface area contributed by atoms with E-state index in [1.165, 1.54) is 47.6 Å². The number of aryl methyl sites for hydroxylation is 1. The summed E-state index contributed by atoms with van der Waals surface area (Å²) in [6, 6.07) is 9.45. The van der Waals surface area contributed by atoms with Crippen LogP contribution in [0.5, 0.6) is 0 Å². The first-order valence-corrected chi connectivity index (χ1v) is 13.3. The molecule has 1 aliphatic heterocycles. The van der Waals surface area contributed by atoms with Crippen molar-refractivity contribution in [3.63, 3.8) is 0 Å². The topological polar surface area (TPSA) is 104 Å². The van der Waals surface area contributed by atoms with Gasteiger partial charge >= 0.3 is 0 Å². The third-order valence-corrected chi connectivity index (χ3v) is 8.34. The zero-order valence-electron chi connectivity index (χ0n) is 18.1. The molecule has 0 unspecified atom stereocenters. The van der Waals surface area contributed by atoms with E-state index in [2.05, 4.69) is 4.72 Å². The van der Waals surface area contributed by atoms with E-state index in [1.807, 2.05) is 0 Å². The molecule has 1 fully saturated rings. The van der Waals surface area contributed by atoms with Gasteiger partial charge in [-0.1, -0.05) is 0 Å². The maximum absolute atomic E-state index is 13.4. The van der Waals surface area contributed by atoms with Gasteiger partial charge in [-0.25, -0.2) is 25.5 Å². The molecular weight excluding hydrogens is 457 g/mol. The van der Waals surface area contributed by atoms with E-state index in [-0.39, 0.29) is 28.1 Å². The molecule has 2 aromatic carbocycles. The van der Waals surface area contributed by atoms with Crippen molar-refractivity contribution in [3.05, 3.63) is 59.4 Å². The number of benzene rings is 2. The van der Waals surface area contributed by atoms with E-state index < -0.39 is 25.9 Å². The highest BCUT2D eigenvalue weighted by atomic mass is 32.2. The summed E-state index contributed by atoms with van der Waals surface area (Å²) >= 11 is 0. The molecule has 2 aromatic rings. The number of carbonyl (C=O) groups excluding carboxylic acids is 1. The molecule has 0 radical (unpaired) electrons. The van der Waals surface area contributed by atoms with Crippen molar-refractivity contribution in [1.82, 2.24) is 9.21 Å². The van der Waals surface area contributed by atoms with Crippen molar-refractivity contribution < 1.29 is 26.0 Å². The van der Waals surface area contributed by atoms with Gasteiger partial charge in [0.05, 0.1) is 11.2 Å². The summed E-state index contributed by atoms with van der Waals surface area (Å²) in [5.74, 6) is -0.687. The first-order chi connectivity index (χ1) is 14.9. The molecule has 1 saturated heterocycles. The van der Waals surface area contributed by atoms with Crippen molar-refractivity contribution in [3.8, 4) is 0 Å². The average molecular weight is 484 g/mol. The average Bonchev–Trinajstić information content (AvgIpc) is 2.74. The number of likely N-dealkylation sites (tertiary alicyclic amines) is 1. The first kappa shape index (κ1) is 24.1. The van der Waals surface area contributed by atoms with Gasteiger partial charge in [-0.3, -0.25) is 9.52 Å². The van der Waals surface area contributed by atoms with Gasteiger partial charge in [0.2, 0.25) is 10.0 Å². The third kappa shape index (κ3) is 5.45. The Morgan fingerprint density at radius 1 is 1.06 bits per heavy atom. The van der Waals surface area contributed by atoms with Gasteiger partial charge in [0.1, 0.15) is 5.82 Å². The fraction of sp³-hybridized carbons (Fsp3) is 0.381. The Hall–Kier alpha value is -2.50. The Kier molecular flexibility index (Phi) is 6.91. The Morgan fingerprint density at radius 3 is 2.19 bits per heavy atom. The molecule has 1 amide bonds. The molecule has 0 spiro atoms. The summed E-state index contributed by atoms with van der Waals surface area (Å²) in [6.07, 6.45) is 2.26. The summed E-state index contributed by atoms with van der Waals surface area (Å²) < 4.78 is 65.7. The van der Waals surface area contributed by atoms with Crippen LogP contribution in [-0.4, -0.2) is 64.4 Å². The maximum atomic E-state index is 13.4. The number of anilines is 1. The molecule has 0 atom stereocenters. The van der Waals surface area contributed by atoms with Gasteiger partial charge in [0.15, 0.2) is 0 Å². The smallest absolute Gasteiger partial charge is 0.261 e. The molecule has 0 bridgehead atoms. The highest BCUT2D eigenvalue weighted by molar-refractivity contribution is 7.92. The predicted molar refractivity (Wildman–Crippen MR) is 120 cm³/mol. The Labute approximate surface area is 188 Å². The van der Waals surface area contributed by atoms with Gasteiger partial charge in [0.25, 0.3) is 15.9 Å². The van der Waals surface area contributed by atoms with E-state index in [0.29, 0.717) is 31.5 Å². The van der Waals surface area contributed by atoms with Crippen molar-refractivity contribution in [2.24, 2.45) is 0 Å². The van der Waals surface area contributed by atoms with Crippen LogP contribution in [-0.2, 0) is 20.0 Å². The lowest BCUT2D eigenvalue weighted by atomic mass is 10.0. The van der Waals surface area contributed by atoms with Crippen molar-refractivity contribution >= 4 is 31.6 Å².